The lowest BCUT2D eigenvalue weighted by Crippen LogP contribution is -2.11. The first kappa shape index (κ1) is 14.3. The molecule has 0 saturated carbocycles. The number of carbonyl (C=O) groups excluding carboxylic acids is 1. The largest absolute Gasteiger partial charge is 0.481 e. The fraction of sp³-hybridized carbons (Fsp3) is 0.500. The number of methoxy groups -OCH3 is 1. The minimum Gasteiger partial charge on any atom is -0.481 e. The molecule has 1 rings (SSSR count). The predicted octanol–water partition coefficient (Wildman–Crippen LogP) is 2.44. The number of halogens is 2. The van der Waals surface area contributed by atoms with Gasteiger partial charge in [-0.05, 0) is 25.0 Å². The molecule has 6 heteroatoms. The molecule has 0 radical (unpaired) electrons. The van der Waals surface area contributed by atoms with E-state index in [1.165, 1.54) is 20.2 Å². The number of alkyl halides is 2. The lowest BCUT2D eigenvalue weighted by molar-refractivity contribution is -0.142. The summed E-state index contributed by atoms with van der Waals surface area (Å²) in [6, 6.07) is 0. The van der Waals surface area contributed by atoms with Crippen LogP contribution in [0.2, 0.25) is 0 Å². The molecule has 0 atom stereocenters. The van der Waals surface area contributed by atoms with Crippen LogP contribution in [0.3, 0.4) is 0 Å². The molecule has 4 nitrogen and oxygen atoms in total. The van der Waals surface area contributed by atoms with Crippen molar-refractivity contribution in [1.82, 2.24) is 4.98 Å². The molecule has 0 unspecified atom stereocenters. The zero-order valence-corrected chi connectivity index (χ0v) is 10.5. The highest BCUT2D eigenvalue weighted by atomic mass is 19.3. The van der Waals surface area contributed by atoms with Crippen molar-refractivity contribution in [2.24, 2.45) is 0 Å². The summed E-state index contributed by atoms with van der Waals surface area (Å²) < 4.78 is 35.4. The van der Waals surface area contributed by atoms with Crippen molar-refractivity contribution in [1.29, 1.82) is 0 Å². The highest BCUT2D eigenvalue weighted by Crippen LogP contribution is 2.31. The van der Waals surface area contributed by atoms with Gasteiger partial charge < -0.3 is 9.47 Å². The van der Waals surface area contributed by atoms with E-state index < -0.39 is 12.4 Å². The second kappa shape index (κ2) is 6.28. The Kier molecular flexibility index (Phi) is 5.00. The summed E-state index contributed by atoms with van der Waals surface area (Å²) in [4.78, 5) is 15.1. The normalized spacial score (nSPS) is 10.6. The number of rotatable bonds is 5. The van der Waals surface area contributed by atoms with E-state index in [0.717, 1.165) is 0 Å². The van der Waals surface area contributed by atoms with Gasteiger partial charge in [0.2, 0.25) is 5.88 Å². The summed E-state index contributed by atoms with van der Waals surface area (Å²) >= 11 is 0. The van der Waals surface area contributed by atoms with Gasteiger partial charge >= 0.3 is 5.97 Å². The van der Waals surface area contributed by atoms with Crippen LogP contribution in [0.25, 0.3) is 0 Å². The number of ether oxygens (including phenoxy) is 2. The van der Waals surface area contributed by atoms with Gasteiger partial charge in [0.1, 0.15) is 0 Å². The molecular formula is C12H15F2NO3. The Morgan fingerprint density at radius 3 is 2.67 bits per heavy atom. The number of nitrogens with zero attached hydrogens (tertiary/aromatic N) is 1. The van der Waals surface area contributed by atoms with Crippen LogP contribution in [0.15, 0.2) is 6.20 Å². The minimum absolute atomic E-state index is 0.0730. The minimum atomic E-state index is -2.70. The fourth-order valence-corrected chi connectivity index (χ4v) is 1.60. The standard InChI is InChI=1S/C12H15F2NO3/c1-4-18-9(16)5-8-6-15-12(17-3)10(7(8)2)11(13)14/h6,11H,4-5H2,1-3H3. The number of hydrogen-bond acceptors (Lipinski definition) is 4. The highest BCUT2D eigenvalue weighted by molar-refractivity contribution is 5.73. The molecule has 0 amide bonds. The van der Waals surface area contributed by atoms with Crippen LogP contribution in [-0.2, 0) is 16.0 Å². The SMILES string of the molecule is CCOC(=O)Cc1cnc(OC)c(C(F)F)c1C. The molecular weight excluding hydrogens is 244 g/mol. The van der Waals surface area contributed by atoms with Crippen molar-refractivity contribution in [2.45, 2.75) is 26.7 Å². The second-order valence-electron chi connectivity index (χ2n) is 3.61. The lowest BCUT2D eigenvalue weighted by atomic mass is 10.0. The maximum absolute atomic E-state index is 12.9. The summed E-state index contributed by atoms with van der Waals surface area (Å²) in [5.41, 5.74) is 0.453. The van der Waals surface area contributed by atoms with Crippen LogP contribution in [0.4, 0.5) is 8.78 Å². The lowest BCUT2D eigenvalue weighted by Gasteiger charge is -2.13. The zero-order chi connectivity index (χ0) is 13.7. The molecule has 1 aromatic heterocycles. The Bertz CT molecular complexity index is 436. The molecule has 1 heterocycles. The van der Waals surface area contributed by atoms with Gasteiger partial charge in [-0.3, -0.25) is 4.79 Å². The molecule has 0 bridgehead atoms. The van der Waals surface area contributed by atoms with E-state index >= 15 is 0 Å². The van der Waals surface area contributed by atoms with E-state index in [9.17, 15) is 13.6 Å². The third kappa shape index (κ3) is 3.15. The van der Waals surface area contributed by atoms with Crippen molar-refractivity contribution < 1.29 is 23.0 Å². The van der Waals surface area contributed by atoms with Gasteiger partial charge in [-0.2, -0.15) is 0 Å². The Morgan fingerprint density at radius 2 is 2.17 bits per heavy atom. The molecule has 0 fully saturated rings. The average Bonchev–Trinajstić information content (AvgIpc) is 2.31. The van der Waals surface area contributed by atoms with Crippen molar-refractivity contribution in [3.8, 4) is 5.88 Å². The van der Waals surface area contributed by atoms with Crippen molar-refractivity contribution in [2.75, 3.05) is 13.7 Å². The first-order valence-electron chi connectivity index (χ1n) is 5.47. The van der Waals surface area contributed by atoms with Crippen molar-refractivity contribution in [3.05, 3.63) is 22.9 Å². The average molecular weight is 259 g/mol. The van der Waals surface area contributed by atoms with E-state index in [0.29, 0.717) is 11.1 Å². The van der Waals surface area contributed by atoms with Gasteiger partial charge in [0.05, 0.1) is 25.7 Å². The monoisotopic (exact) mass is 259 g/mol. The fourth-order valence-electron chi connectivity index (χ4n) is 1.60. The Hall–Kier alpha value is -1.72. The first-order chi connectivity index (χ1) is 8.51. The highest BCUT2D eigenvalue weighted by Gasteiger charge is 2.21. The summed E-state index contributed by atoms with van der Waals surface area (Å²) in [6.07, 6.45) is -1.41. The van der Waals surface area contributed by atoms with E-state index in [-0.39, 0.29) is 24.5 Å². The molecule has 0 aliphatic rings. The third-order valence-electron chi connectivity index (χ3n) is 2.51. The quantitative estimate of drug-likeness (QED) is 0.762. The Balaban J connectivity index is 3.08. The van der Waals surface area contributed by atoms with Crippen LogP contribution in [0.5, 0.6) is 5.88 Å². The number of aromatic nitrogens is 1. The molecule has 0 N–H and O–H groups in total. The smallest absolute Gasteiger partial charge is 0.310 e. The maximum Gasteiger partial charge on any atom is 0.310 e. The van der Waals surface area contributed by atoms with E-state index in [1.54, 1.807) is 6.92 Å². The number of pyridine rings is 1. The molecule has 0 spiro atoms. The zero-order valence-electron chi connectivity index (χ0n) is 10.5. The second-order valence-corrected chi connectivity index (χ2v) is 3.61. The van der Waals surface area contributed by atoms with Crippen LogP contribution in [0, 0.1) is 6.92 Å². The number of esters is 1. The van der Waals surface area contributed by atoms with E-state index in [4.69, 9.17) is 9.47 Å². The molecule has 0 aliphatic heterocycles. The summed E-state index contributed by atoms with van der Waals surface area (Å²) in [5, 5.41) is 0. The van der Waals surface area contributed by atoms with Crippen LogP contribution in [0.1, 0.15) is 30.0 Å². The molecule has 0 aromatic carbocycles. The van der Waals surface area contributed by atoms with Crippen LogP contribution >= 0.6 is 0 Å². The topological polar surface area (TPSA) is 48.4 Å². The first-order valence-corrected chi connectivity index (χ1v) is 5.47. The molecule has 1 aromatic rings. The van der Waals surface area contributed by atoms with Gasteiger partial charge in [0.15, 0.2) is 0 Å². The van der Waals surface area contributed by atoms with Gasteiger partial charge in [0, 0.05) is 6.20 Å². The third-order valence-corrected chi connectivity index (χ3v) is 2.51. The van der Waals surface area contributed by atoms with E-state index in [2.05, 4.69) is 4.98 Å². The van der Waals surface area contributed by atoms with Gasteiger partial charge in [-0.1, -0.05) is 0 Å². The molecule has 0 aliphatic carbocycles. The Morgan fingerprint density at radius 1 is 1.50 bits per heavy atom. The van der Waals surface area contributed by atoms with Gasteiger partial charge in [-0.15, -0.1) is 0 Å². The van der Waals surface area contributed by atoms with E-state index in [1.807, 2.05) is 0 Å². The van der Waals surface area contributed by atoms with Crippen molar-refractivity contribution in [3.63, 3.8) is 0 Å². The van der Waals surface area contributed by atoms with Crippen LogP contribution in [-0.4, -0.2) is 24.7 Å². The Labute approximate surface area is 104 Å². The number of hydrogen-bond donors (Lipinski definition) is 0. The summed E-state index contributed by atoms with van der Waals surface area (Å²) in [7, 11) is 1.28. The maximum atomic E-state index is 12.9. The molecule has 18 heavy (non-hydrogen) atoms. The molecule has 0 saturated heterocycles. The summed E-state index contributed by atoms with van der Waals surface area (Å²) in [6.45, 7) is 3.45. The van der Waals surface area contributed by atoms with Gasteiger partial charge in [0.25, 0.3) is 6.43 Å². The summed E-state index contributed by atoms with van der Waals surface area (Å²) in [5.74, 6) is -0.581. The van der Waals surface area contributed by atoms with Crippen molar-refractivity contribution >= 4 is 5.97 Å². The van der Waals surface area contributed by atoms with Crippen LogP contribution < -0.4 is 4.74 Å². The molecule has 100 valence electrons. The number of carbonyl (C=O) groups is 1. The predicted molar refractivity (Wildman–Crippen MR) is 60.8 cm³/mol. The van der Waals surface area contributed by atoms with Gasteiger partial charge in [-0.25, -0.2) is 13.8 Å².